The summed E-state index contributed by atoms with van der Waals surface area (Å²) in [5.74, 6) is -2.35. The van der Waals surface area contributed by atoms with Crippen LogP contribution in [0.15, 0.2) is 18.2 Å². The number of hydrogen-bond donors (Lipinski definition) is 2. The van der Waals surface area contributed by atoms with Gasteiger partial charge in [0.1, 0.15) is 0 Å². The van der Waals surface area contributed by atoms with Crippen molar-refractivity contribution in [2.24, 2.45) is 0 Å². The number of aromatic nitrogens is 2. The minimum absolute atomic E-state index is 0. The average Bonchev–Trinajstić information content (AvgIpc) is 2.93. The zero-order chi connectivity index (χ0) is 20.4. The Balaban J connectivity index is 0.00000300. The molecule has 29 heavy (non-hydrogen) atoms. The molecule has 1 aliphatic heterocycles. The van der Waals surface area contributed by atoms with Crippen LogP contribution in [0.3, 0.4) is 0 Å². The Kier molecular flexibility index (Phi) is 7.65. The molecular formula is C19H23ClF4N4O. The summed E-state index contributed by atoms with van der Waals surface area (Å²) in [7, 11) is 0. The first-order valence-corrected chi connectivity index (χ1v) is 9.05. The molecule has 1 saturated heterocycles. The highest BCUT2D eigenvalue weighted by atomic mass is 35.5. The molecule has 3 rings (SSSR count). The molecule has 0 spiro atoms. The zero-order valence-corrected chi connectivity index (χ0v) is 16.8. The topological polar surface area (TPSA) is 59.0 Å². The Morgan fingerprint density at radius 1 is 1.31 bits per heavy atom. The largest absolute Gasteiger partial charge is 0.351 e. The average molecular weight is 435 g/mol. The number of carbonyl (C=O) groups is 1. The molecule has 5 nitrogen and oxygen atoms in total. The molecule has 0 aliphatic carbocycles. The van der Waals surface area contributed by atoms with Gasteiger partial charge in [0.25, 0.3) is 0 Å². The molecule has 2 unspecified atom stereocenters. The van der Waals surface area contributed by atoms with Crippen LogP contribution in [0.1, 0.15) is 41.4 Å². The zero-order valence-electron chi connectivity index (χ0n) is 16.0. The second-order valence-corrected chi connectivity index (χ2v) is 7.00. The minimum atomic E-state index is -2.77. The SMILES string of the molecule is Cc1nn(C(F)F)c(C)c1CC(=O)NC1CNCCC1c1ccc(F)c(F)c1.Cl. The van der Waals surface area contributed by atoms with Gasteiger partial charge in [0, 0.05) is 29.8 Å². The van der Waals surface area contributed by atoms with Gasteiger partial charge in [-0.2, -0.15) is 13.9 Å². The van der Waals surface area contributed by atoms with E-state index in [9.17, 15) is 22.4 Å². The van der Waals surface area contributed by atoms with Gasteiger partial charge in [-0.15, -0.1) is 12.4 Å². The molecule has 2 heterocycles. The Hall–Kier alpha value is -2.13. The van der Waals surface area contributed by atoms with Gasteiger partial charge < -0.3 is 10.6 Å². The molecule has 1 amide bonds. The van der Waals surface area contributed by atoms with Crippen molar-refractivity contribution in [3.8, 4) is 0 Å². The van der Waals surface area contributed by atoms with Crippen LogP contribution in [0, 0.1) is 25.5 Å². The highest BCUT2D eigenvalue weighted by Gasteiger charge is 2.29. The predicted octanol–water partition coefficient (Wildman–Crippen LogP) is 3.40. The fraction of sp³-hybridized carbons (Fsp3) is 0.474. The van der Waals surface area contributed by atoms with E-state index < -0.39 is 18.2 Å². The third-order valence-corrected chi connectivity index (χ3v) is 5.20. The number of benzene rings is 1. The van der Waals surface area contributed by atoms with E-state index in [0.717, 1.165) is 12.1 Å². The Bertz CT molecular complexity index is 874. The summed E-state index contributed by atoms with van der Waals surface area (Å²) < 4.78 is 53.4. The summed E-state index contributed by atoms with van der Waals surface area (Å²) in [4.78, 5) is 12.6. The summed E-state index contributed by atoms with van der Waals surface area (Å²) in [6, 6.07) is 3.44. The van der Waals surface area contributed by atoms with Gasteiger partial charge in [-0.3, -0.25) is 4.79 Å². The van der Waals surface area contributed by atoms with E-state index in [1.165, 1.54) is 13.0 Å². The summed E-state index contributed by atoms with van der Waals surface area (Å²) in [6.45, 7) is 1.48. The number of amides is 1. The van der Waals surface area contributed by atoms with Crippen LogP contribution < -0.4 is 10.6 Å². The number of aryl methyl sites for hydroxylation is 1. The van der Waals surface area contributed by atoms with Crippen molar-refractivity contribution in [2.75, 3.05) is 13.1 Å². The number of nitrogens with zero attached hydrogens (tertiary/aromatic N) is 2. The highest BCUT2D eigenvalue weighted by molar-refractivity contribution is 5.85. The lowest BCUT2D eigenvalue weighted by Gasteiger charge is -2.33. The van der Waals surface area contributed by atoms with E-state index >= 15 is 0 Å². The molecule has 0 bridgehead atoms. The molecule has 10 heteroatoms. The van der Waals surface area contributed by atoms with E-state index in [2.05, 4.69) is 15.7 Å². The first-order chi connectivity index (χ1) is 13.3. The van der Waals surface area contributed by atoms with Gasteiger partial charge >= 0.3 is 6.55 Å². The molecule has 1 fully saturated rings. The smallest absolute Gasteiger partial charge is 0.333 e. The molecule has 2 aromatic rings. The van der Waals surface area contributed by atoms with Crippen molar-refractivity contribution in [1.29, 1.82) is 0 Å². The Labute approximate surface area is 172 Å². The fourth-order valence-electron chi connectivity index (χ4n) is 3.71. The predicted molar refractivity (Wildman–Crippen MR) is 102 cm³/mol. The number of halogens is 5. The second kappa shape index (κ2) is 9.58. The van der Waals surface area contributed by atoms with Crippen LogP contribution in [-0.4, -0.2) is 34.8 Å². The van der Waals surface area contributed by atoms with E-state index in [1.807, 2.05) is 0 Å². The molecule has 1 aliphatic rings. The highest BCUT2D eigenvalue weighted by Crippen LogP contribution is 2.27. The van der Waals surface area contributed by atoms with Crippen molar-refractivity contribution in [1.82, 2.24) is 20.4 Å². The monoisotopic (exact) mass is 434 g/mol. The Morgan fingerprint density at radius 2 is 2.03 bits per heavy atom. The summed E-state index contributed by atoms with van der Waals surface area (Å²) in [6.07, 6.45) is 0.572. The van der Waals surface area contributed by atoms with Gasteiger partial charge in [0.15, 0.2) is 11.6 Å². The maximum atomic E-state index is 13.6. The van der Waals surface area contributed by atoms with E-state index in [-0.39, 0.29) is 42.4 Å². The van der Waals surface area contributed by atoms with Crippen LogP contribution in [0.2, 0.25) is 0 Å². The number of alkyl halides is 2. The van der Waals surface area contributed by atoms with E-state index in [4.69, 9.17) is 0 Å². The normalized spacial score (nSPS) is 19.1. The maximum absolute atomic E-state index is 13.6. The van der Waals surface area contributed by atoms with Crippen LogP contribution in [0.4, 0.5) is 17.6 Å². The van der Waals surface area contributed by atoms with Crippen LogP contribution in [0.5, 0.6) is 0 Å². The van der Waals surface area contributed by atoms with Crippen molar-refractivity contribution in [3.05, 3.63) is 52.3 Å². The van der Waals surface area contributed by atoms with Crippen molar-refractivity contribution in [3.63, 3.8) is 0 Å². The lowest BCUT2D eigenvalue weighted by molar-refractivity contribution is -0.121. The maximum Gasteiger partial charge on any atom is 0.333 e. The van der Waals surface area contributed by atoms with Gasteiger partial charge in [-0.25, -0.2) is 13.5 Å². The standard InChI is InChI=1S/C19H22F4N4O.ClH/c1-10-14(11(2)27(26-10)19(22)23)8-18(28)25-17-9-24-6-5-13(17)12-3-4-15(20)16(21)7-12;/h3-4,7,13,17,19,24H,5-6,8-9H2,1-2H3,(H,25,28);1H. The number of piperidine rings is 1. The number of rotatable bonds is 5. The third kappa shape index (κ3) is 5.08. The molecule has 1 aromatic heterocycles. The van der Waals surface area contributed by atoms with Gasteiger partial charge in [-0.05, 0) is 44.5 Å². The lowest BCUT2D eigenvalue weighted by Crippen LogP contribution is -2.50. The first kappa shape index (κ1) is 23.2. The van der Waals surface area contributed by atoms with Gasteiger partial charge in [-0.1, -0.05) is 6.07 Å². The third-order valence-electron chi connectivity index (χ3n) is 5.20. The molecule has 2 N–H and O–H groups in total. The van der Waals surface area contributed by atoms with Crippen LogP contribution in [0.25, 0.3) is 0 Å². The Morgan fingerprint density at radius 3 is 2.66 bits per heavy atom. The van der Waals surface area contributed by atoms with Gasteiger partial charge in [0.2, 0.25) is 5.91 Å². The number of hydrogen-bond acceptors (Lipinski definition) is 3. The summed E-state index contributed by atoms with van der Waals surface area (Å²) in [5.41, 5.74) is 1.71. The minimum Gasteiger partial charge on any atom is -0.351 e. The molecule has 0 radical (unpaired) electrons. The second-order valence-electron chi connectivity index (χ2n) is 7.00. The fourth-order valence-corrected chi connectivity index (χ4v) is 3.71. The molecule has 160 valence electrons. The number of nitrogens with one attached hydrogen (secondary N) is 2. The lowest BCUT2D eigenvalue weighted by atomic mass is 9.86. The molecule has 1 aromatic carbocycles. The summed E-state index contributed by atoms with van der Waals surface area (Å²) >= 11 is 0. The van der Waals surface area contributed by atoms with E-state index in [0.29, 0.717) is 41.0 Å². The number of carbonyl (C=O) groups excluding carboxylic acids is 1. The molecular weight excluding hydrogens is 412 g/mol. The quantitative estimate of drug-likeness (QED) is 0.709. The molecule has 2 atom stereocenters. The van der Waals surface area contributed by atoms with Gasteiger partial charge in [0.05, 0.1) is 12.1 Å². The van der Waals surface area contributed by atoms with Crippen molar-refractivity contribution in [2.45, 2.75) is 45.2 Å². The van der Waals surface area contributed by atoms with Crippen molar-refractivity contribution < 1.29 is 22.4 Å². The van der Waals surface area contributed by atoms with E-state index in [1.54, 1.807) is 6.92 Å². The summed E-state index contributed by atoms with van der Waals surface area (Å²) in [5, 5.41) is 9.86. The van der Waals surface area contributed by atoms with Crippen LogP contribution >= 0.6 is 12.4 Å². The van der Waals surface area contributed by atoms with Crippen LogP contribution in [-0.2, 0) is 11.2 Å². The molecule has 0 saturated carbocycles. The van der Waals surface area contributed by atoms with Crippen molar-refractivity contribution >= 4 is 18.3 Å². The first-order valence-electron chi connectivity index (χ1n) is 9.05.